The summed E-state index contributed by atoms with van der Waals surface area (Å²) in [4.78, 5) is 13.5. The standard InChI is InChI=1S/C13H16NO2/c1-2-16-13(15)10-14-9-5-7-11-6-3-4-8-12(11)14/h4,6,8H,2,5,7,9-10H2,1H3. The number of benzene rings is 1. The maximum absolute atomic E-state index is 11.4. The molecule has 1 aromatic carbocycles. The SMILES string of the molecule is CCOC(=O)CN1CCCc2c[c]ccc21. The lowest BCUT2D eigenvalue weighted by atomic mass is 10.0. The van der Waals surface area contributed by atoms with Crippen LogP contribution in [-0.4, -0.2) is 25.7 Å². The number of rotatable bonds is 3. The highest BCUT2D eigenvalue weighted by molar-refractivity contribution is 5.76. The van der Waals surface area contributed by atoms with Crippen molar-refractivity contribution in [1.82, 2.24) is 0 Å². The number of fused-ring (bicyclic) bond motifs is 1. The van der Waals surface area contributed by atoms with E-state index in [9.17, 15) is 4.79 Å². The molecule has 0 aromatic heterocycles. The van der Waals surface area contributed by atoms with Crippen LogP contribution in [-0.2, 0) is 16.0 Å². The third-order valence-electron chi connectivity index (χ3n) is 2.76. The summed E-state index contributed by atoms with van der Waals surface area (Å²) in [5, 5.41) is 0. The number of carbonyl (C=O) groups is 1. The summed E-state index contributed by atoms with van der Waals surface area (Å²) in [6.45, 7) is 3.56. The molecule has 0 unspecified atom stereocenters. The fraction of sp³-hybridized carbons (Fsp3) is 0.462. The van der Waals surface area contributed by atoms with Gasteiger partial charge in [-0.15, -0.1) is 0 Å². The first-order valence-corrected chi connectivity index (χ1v) is 5.71. The quantitative estimate of drug-likeness (QED) is 0.724. The number of nitrogens with zero attached hydrogens (tertiary/aromatic N) is 1. The van der Waals surface area contributed by atoms with E-state index in [2.05, 4.69) is 11.0 Å². The average molecular weight is 218 g/mol. The summed E-state index contributed by atoms with van der Waals surface area (Å²) in [5.74, 6) is -0.150. The average Bonchev–Trinajstić information content (AvgIpc) is 2.30. The molecule has 0 amide bonds. The van der Waals surface area contributed by atoms with Crippen LogP contribution in [0.4, 0.5) is 5.69 Å². The van der Waals surface area contributed by atoms with E-state index in [1.165, 1.54) is 5.56 Å². The molecule has 0 spiro atoms. The van der Waals surface area contributed by atoms with Crippen LogP contribution in [0.5, 0.6) is 0 Å². The zero-order chi connectivity index (χ0) is 11.4. The van der Waals surface area contributed by atoms with Crippen molar-refractivity contribution in [3.63, 3.8) is 0 Å². The van der Waals surface area contributed by atoms with Crippen LogP contribution < -0.4 is 4.90 Å². The minimum Gasteiger partial charge on any atom is -0.465 e. The minimum atomic E-state index is -0.150. The first-order valence-electron chi connectivity index (χ1n) is 5.71. The van der Waals surface area contributed by atoms with Crippen molar-refractivity contribution in [2.24, 2.45) is 0 Å². The Bertz CT molecular complexity index is 376. The Hall–Kier alpha value is -1.51. The predicted molar refractivity (Wildman–Crippen MR) is 62.4 cm³/mol. The first-order chi connectivity index (χ1) is 7.81. The van der Waals surface area contributed by atoms with Gasteiger partial charge < -0.3 is 9.64 Å². The Labute approximate surface area is 96.0 Å². The normalized spacial score (nSPS) is 14.4. The van der Waals surface area contributed by atoms with Crippen LogP contribution in [0, 0.1) is 6.07 Å². The molecule has 1 aliphatic heterocycles. The van der Waals surface area contributed by atoms with Crippen molar-refractivity contribution in [2.75, 3.05) is 24.6 Å². The van der Waals surface area contributed by atoms with E-state index in [4.69, 9.17) is 4.74 Å². The van der Waals surface area contributed by atoms with E-state index in [1.807, 2.05) is 25.1 Å². The zero-order valence-electron chi connectivity index (χ0n) is 9.53. The Balaban J connectivity index is 2.10. The number of hydrogen-bond donors (Lipinski definition) is 0. The molecule has 0 atom stereocenters. The van der Waals surface area contributed by atoms with Crippen LogP contribution in [0.1, 0.15) is 18.9 Å². The number of aryl methyl sites for hydroxylation is 1. The van der Waals surface area contributed by atoms with Gasteiger partial charge in [0, 0.05) is 12.2 Å². The third kappa shape index (κ3) is 2.35. The lowest BCUT2D eigenvalue weighted by Gasteiger charge is -2.30. The van der Waals surface area contributed by atoms with Crippen molar-refractivity contribution >= 4 is 11.7 Å². The highest BCUT2D eigenvalue weighted by Gasteiger charge is 2.18. The van der Waals surface area contributed by atoms with E-state index in [1.54, 1.807) is 0 Å². The Kier molecular flexibility index (Phi) is 3.44. The van der Waals surface area contributed by atoms with Gasteiger partial charge in [-0.3, -0.25) is 4.79 Å². The second-order valence-corrected chi connectivity index (χ2v) is 3.88. The van der Waals surface area contributed by atoms with Gasteiger partial charge >= 0.3 is 5.97 Å². The Morgan fingerprint density at radius 3 is 3.31 bits per heavy atom. The van der Waals surface area contributed by atoms with Crippen molar-refractivity contribution < 1.29 is 9.53 Å². The molecule has 2 rings (SSSR count). The zero-order valence-corrected chi connectivity index (χ0v) is 9.53. The number of anilines is 1. The van der Waals surface area contributed by atoms with Crippen LogP contribution in [0.3, 0.4) is 0 Å². The largest absolute Gasteiger partial charge is 0.465 e. The molecule has 85 valence electrons. The summed E-state index contributed by atoms with van der Waals surface area (Å²) < 4.78 is 4.97. The number of carbonyl (C=O) groups excluding carboxylic acids is 1. The van der Waals surface area contributed by atoms with E-state index in [-0.39, 0.29) is 5.97 Å². The smallest absolute Gasteiger partial charge is 0.325 e. The van der Waals surface area contributed by atoms with Crippen LogP contribution in [0.2, 0.25) is 0 Å². The molecule has 0 bridgehead atoms. The summed E-state index contributed by atoms with van der Waals surface area (Å²) in [7, 11) is 0. The molecule has 0 saturated heterocycles. The molecule has 0 fully saturated rings. The van der Waals surface area contributed by atoms with E-state index < -0.39 is 0 Å². The van der Waals surface area contributed by atoms with Gasteiger partial charge in [-0.25, -0.2) is 0 Å². The van der Waals surface area contributed by atoms with Crippen LogP contribution in [0.25, 0.3) is 0 Å². The van der Waals surface area contributed by atoms with Gasteiger partial charge in [-0.2, -0.15) is 0 Å². The second kappa shape index (κ2) is 5.01. The fourth-order valence-corrected chi connectivity index (χ4v) is 2.07. The molecule has 1 aromatic rings. The van der Waals surface area contributed by atoms with Gasteiger partial charge in [0.25, 0.3) is 0 Å². The predicted octanol–water partition coefficient (Wildman–Crippen LogP) is 1.80. The second-order valence-electron chi connectivity index (χ2n) is 3.88. The molecule has 1 radical (unpaired) electrons. The van der Waals surface area contributed by atoms with Crippen molar-refractivity contribution in [1.29, 1.82) is 0 Å². The number of hydrogen-bond acceptors (Lipinski definition) is 3. The summed E-state index contributed by atoms with van der Waals surface area (Å²) in [5.41, 5.74) is 2.43. The summed E-state index contributed by atoms with van der Waals surface area (Å²) >= 11 is 0. The highest BCUT2D eigenvalue weighted by Crippen LogP contribution is 2.25. The molecule has 0 saturated carbocycles. The lowest BCUT2D eigenvalue weighted by molar-refractivity contribution is -0.141. The first kappa shape index (κ1) is 11.0. The Morgan fingerprint density at radius 2 is 2.50 bits per heavy atom. The monoisotopic (exact) mass is 218 g/mol. The maximum Gasteiger partial charge on any atom is 0.325 e. The van der Waals surface area contributed by atoms with Gasteiger partial charge in [0.15, 0.2) is 0 Å². The molecule has 0 aliphatic carbocycles. The van der Waals surface area contributed by atoms with Gasteiger partial charge in [-0.1, -0.05) is 6.07 Å². The van der Waals surface area contributed by atoms with Crippen molar-refractivity contribution in [2.45, 2.75) is 19.8 Å². The van der Waals surface area contributed by atoms with Gasteiger partial charge in [0.05, 0.1) is 6.61 Å². The molecule has 0 N–H and O–H groups in total. The molecule has 3 nitrogen and oxygen atoms in total. The third-order valence-corrected chi connectivity index (χ3v) is 2.76. The number of esters is 1. The van der Waals surface area contributed by atoms with Crippen LogP contribution in [0.15, 0.2) is 18.2 Å². The highest BCUT2D eigenvalue weighted by atomic mass is 16.5. The molecule has 3 heteroatoms. The van der Waals surface area contributed by atoms with Crippen LogP contribution >= 0.6 is 0 Å². The topological polar surface area (TPSA) is 29.5 Å². The van der Waals surface area contributed by atoms with Gasteiger partial charge in [0.2, 0.25) is 0 Å². The summed E-state index contributed by atoms with van der Waals surface area (Å²) in [6.07, 6.45) is 2.16. The Morgan fingerprint density at radius 1 is 1.62 bits per heavy atom. The minimum absolute atomic E-state index is 0.150. The van der Waals surface area contributed by atoms with E-state index >= 15 is 0 Å². The molecular formula is C13H16NO2. The maximum atomic E-state index is 11.4. The van der Waals surface area contributed by atoms with Crippen molar-refractivity contribution in [3.8, 4) is 0 Å². The van der Waals surface area contributed by atoms with E-state index in [0.29, 0.717) is 13.2 Å². The van der Waals surface area contributed by atoms with E-state index in [0.717, 1.165) is 25.1 Å². The van der Waals surface area contributed by atoms with Crippen molar-refractivity contribution in [3.05, 3.63) is 29.8 Å². The molecule has 1 aliphatic rings. The molecule has 16 heavy (non-hydrogen) atoms. The van der Waals surface area contributed by atoms with Gasteiger partial charge in [-0.05, 0) is 43.5 Å². The fourth-order valence-electron chi connectivity index (χ4n) is 2.07. The molecular weight excluding hydrogens is 202 g/mol. The summed E-state index contributed by atoms with van der Waals surface area (Å²) in [6, 6.07) is 9.00. The lowest BCUT2D eigenvalue weighted by Crippen LogP contribution is -2.35. The molecule has 1 heterocycles. The number of ether oxygens (including phenoxy) is 1. The van der Waals surface area contributed by atoms with Gasteiger partial charge in [0.1, 0.15) is 6.54 Å².